The summed E-state index contributed by atoms with van der Waals surface area (Å²) in [7, 11) is 4.98. The number of likely N-dealkylation sites (N-methyl/N-ethyl adjacent to an activating group) is 1. The molecule has 2 fully saturated rings. The Morgan fingerprint density at radius 2 is 1.58 bits per heavy atom. The highest BCUT2D eigenvalue weighted by Gasteiger charge is 2.43. The number of nitrogens with one attached hydrogen (secondary N) is 3. The highest BCUT2D eigenvalue weighted by Crippen LogP contribution is 2.33. The Bertz CT molecular complexity index is 1750. The van der Waals surface area contributed by atoms with Crippen LogP contribution in [0.2, 0.25) is 0 Å². The number of carbonyl (C=O) groups is 5. The van der Waals surface area contributed by atoms with Crippen LogP contribution in [0.3, 0.4) is 0 Å². The minimum Gasteiger partial charge on any atom is -0.381 e. The smallest absolute Gasteiger partial charge is 0.269 e. The van der Waals surface area contributed by atoms with Crippen LogP contribution < -0.4 is 16.0 Å². The largest absolute Gasteiger partial charge is 0.381 e. The molecule has 3 rings (SSSR count). The molecule has 2 aliphatic heterocycles. The number of amides is 4. The molecule has 0 aromatic heterocycles. The molecule has 2 aliphatic rings. The van der Waals surface area contributed by atoms with Gasteiger partial charge in [0.2, 0.25) is 17.7 Å². The molecule has 3 N–H and O–H groups in total. The summed E-state index contributed by atoms with van der Waals surface area (Å²) in [5.41, 5.74) is 1.93. The van der Waals surface area contributed by atoms with Gasteiger partial charge >= 0.3 is 0 Å². The van der Waals surface area contributed by atoms with Crippen molar-refractivity contribution in [3.05, 3.63) is 59.7 Å². The number of methoxy groups -OCH3 is 2. The van der Waals surface area contributed by atoms with E-state index in [9.17, 15) is 24.0 Å². The van der Waals surface area contributed by atoms with Crippen LogP contribution in [0.5, 0.6) is 0 Å². The predicted molar refractivity (Wildman–Crippen MR) is 264 cm³/mol. The molecule has 1 aromatic carbocycles. The molecule has 0 spiro atoms. The first kappa shape index (κ1) is 57.4. The van der Waals surface area contributed by atoms with Crippen molar-refractivity contribution in [3.8, 4) is 0 Å². The number of rotatable bonds is 29. The molecule has 14 heteroatoms. The molecule has 4 amide bonds. The second kappa shape index (κ2) is 29.2. The van der Waals surface area contributed by atoms with Crippen LogP contribution in [0, 0.1) is 35.5 Å². The summed E-state index contributed by atoms with van der Waals surface area (Å²) in [6, 6.07) is 7.26. The number of hydrogen-bond acceptors (Lipinski definition) is 10. The number of carbonyl (C=O) groups excluding carboxylic acids is 5. The second-order valence-corrected chi connectivity index (χ2v) is 19.6. The Hall–Kier alpha value is -3.95. The monoisotopic (exact) mass is 938 g/mol. The number of ketones is 1. The summed E-state index contributed by atoms with van der Waals surface area (Å²) in [6.07, 6.45) is 9.16. The fraction of sp³-hybridized carbons (Fsp3) is 0.717. The molecule has 11 atom stereocenters. The summed E-state index contributed by atoms with van der Waals surface area (Å²) < 4.78 is 18.3. The van der Waals surface area contributed by atoms with Gasteiger partial charge < -0.3 is 35.1 Å². The van der Waals surface area contributed by atoms with E-state index in [0.717, 1.165) is 24.0 Å². The third-order valence-electron chi connectivity index (χ3n) is 14.0. The normalized spacial score (nSPS) is 20.9. The third kappa shape index (κ3) is 16.9. The average molecular weight is 938 g/mol. The van der Waals surface area contributed by atoms with Crippen molar-refractivity contribution in [3.63, 3.8) is 0 Å². The zero-order valence-electron chi connectivity index (χ0n) is 43.2. The lowest BCUT2D eigenvalue weighted by Crippen LogP contribution is -2.54. The van der Waals surface area contributed by atoms with Crippen molar-refractivity contribution in [2.75, 3.05) is 47.6 Å². The SMILES string of the molecule is CC=CC=C(C)COC1CON(C(=O)C(Cc2ccccc2)NC(=O)C(C)C(OC)C2CCCN2C(=O)CC(OC)C(CCC(CC)C(=O)C(NC(=O)C(NC)C(C)C)C(C)C)C(C)CC)C1. The number of hydrogen-bond donors (Lipinski definition) is 3. The first-order valence-electron chi connectivity index (χ1n) is 25.0. The second-order valence-electron chi connectivity index (χ2n) is 19.6. The summed E-state index contributed by atoms with van der Waals surface area (Å²) in [5.74, 6) is -1.70. The van der Waals surface area contributed by atoms with Gasteiger partial charge in [-0.15, -0.1) is 0 Å². The van der Waals surface area contributed by atoms with E-state index in [0.29, 0.717) is 38.8 Å². The lowest BCUT2D eigenvalue weighted by Gasteiger charge is -2.36. The van der Waals surface area contributed by atoms with Crippen LogP contribution in [0.25, 0.3) is 0 Å². The highest BCUT2D eigenvalue weighted by atomic mass is 16.7. The van der Waals surface area contributed by atoms with Crippen molar-refractivity contribution in [2.24, 2.45) is 35.5 Å². The molecule has 378 valence electrons. The molecular weight excluding hydrogens is 851 g/mol. The molecule has 1 aromatic rings. The van der Waals surface area contributed by atoms with Crippen LogP contribution in [0.15, 0.2) is 54.1 Å². The Morgan fingerprint density at radius 1 is 0.896 bits per heavy atom. The fourth-order valence-corrected chi connectivity index (χ4v) is 9.70. The van der Waals surface area contributed by atoms with Crippen molar-refractivity contribution < 1.29 is 43.0 Å². The van der Waals surface area contributed by atoms with Crippen molar-refractivity contribution in [1.82, 2.24) is 25.9 Å². The number of ether oxygens (including phenoxy) is 3. The van der Waals surface area contributed by atoms with Gasteiger partial charge in [0.1, 0.15) is 18.8 Å². The Morgan fingerprint density at radius 3 is 2.16 bits per heavy atom. The van der Waals surface area contributed by atoms with Crippen molar-refractivity contribution in [1.29, 1.82) is 0 Å². The van der Waals surface area contributed by atoms with Crippen LogP contribution >= 0.6 is 0 Å². The molecular formula is C53H87N5O9. The maximum Gasteiger partial charge on any atom is 0.269 e. The van der Waals surface area contributed by atoms with E-state index in [1.54, 1.807) is 28.2 Å². The third-order valence-corrected chi connectivity index (χ3v) is 14.0. The molecule has 14 nitrogen and oxygen atoms in total. The summed E-state index contributed by atoms with van der Waals surface area (Å²) in [5, 5.41) is 10.5. The van der Waals surface area contributed by atoms with Gasteiger partial charge in [0.05, 0.1) is 55.8 Å². The maximum absolute atomic E-state index is 14.4. The van der Waals surface area contributed by atoms with E-state index in [1.165, 1.54) is 5.06 Å². The summed E-state index contributed by atoms with van der Waals surface area (Å²) >= 11 is 0. The lowest BCUT2D eigenvalue weighted by atomic mass is 9.78. The molecule has 0 bridgehead atoms. The average Bonchev–Trinajstić information content (AvgIpc) is 4.01. The number of Topliss-reactive ketones (excluding diaryl/α,β-unsaturated/α-hetero) is 1. The van der Waals surface area contributed by atoms with Gasteiger partial charge in [0.25, 0.3) is 5.91 Å². The lowest BCUT2D eigenvalue weighted by molar-refractivity contribution is -0.172. The van der Waals surface area contributed by atoms with Crippen LogP contribution in [-0.4, -0.2) is 129 Å². The molecule has 0 saturated carbocycles. The van der Waals surface area contributed by atoms with E-state index < -0.39 is 36.3 Å². The number of nitrogens with zero attached hydrogens (tertiary/aromatic N) is 2. The minimum atomic E-state index is -0.917. The van der Waals surface area contributed by atoms with E-state index >= 15 is 0 Å². The van der Waals surface area contributed by atoms with Gasteiger partial charge in [0, 0.05) is 33.1 Å². The van der Waals surface area contributed by atoms with Gasteiger partial charge in [-0.1, -0.05) is 110 Å². The number of hydroxylamine groups is 2. The van der Waals surface area contributed by atoms with Crippen LogP contribution in [-0.2, 0) is 49.4 Å². The van der Waals surface area contributed by atoms with E-state index in [-0.39, 0.29) is 97.1 Å². The first-order chi connectivity index (χ1) is 32.0. The maximum atomic E-state index is 14.4. The number of benzene rings is 1. The van der Waals surface area contributed by atoms with E-state index in [2.05, 4.69) is 29.8 Å². The van der Waals surface area contributed by atoms with Gasteiger partial charge in [-0.2, -0.15) is 0 Å². The van der Waals surface area contributed by atoms with Crippen molar-refractivity contribution in [2.45, 2.75) is 163 Å². The Labute approximate surface area is 403 Å². The van der Waals surface area contributed by atoms with Crippen LogP contribution in [0.4, 0.5) is 0 Å². The Kier molecular flexibility index (Phi) is 25.0. The highest BCUT2D eigenvalue weighted by molar-refractivity contribution is 5.92. The molecule has 67 heavy (non-hydrogen) atoms. The fourth-order valence-electron chi connectivity index (χ4n) is 9.70. The molecule has 2 saturated heterocycles. The predicted octanol–water partition coefficient (Wildman–Crippen LogP) is 6.87. The Balaban J connectivity index is 1.74. The number of allylic oxidation sites excluding steroid dienone is 3. The molecule has 2 heterocycles. The molecule has 0 radical (unpaired) electrons. The van der Waals surface area contributed by atoms with Crippen molar-refractivity contribution >= 4 is 29.4 Å². The van der Waals surface area contributed by atoms with Gasteiger partial charge in [0.15, 0.2) is 5.78 Å². The molecule has 0 aliphatic carbocycles. The zero-order chi connectivity index (χ0) is 49.8. The topological polar surface area (TPSA) is 165 Å². The van der Waals surface area contributed by atoms with E-state index in [4.69, 9.17) is 19.0 Å². The van der Waals surface area contributed by atoms with E-state index in [1.807, 2.05) is 102 Å². The summed E-state index contributed by atoms with van der Waals surface area (Å²) in [4.78, 5) is 77.8. The zero-order valence-corrected chi connectivity index (χ0v) is 43.2. The number of likely N-dealkylation sites (tertiary alicyclic amines) is 1. The first-order valence-corrected chi connectivity index (χ1v) is 25.0. The van der Waals surface area contributed by atoms with Gasteiger partial charge in [-0.3, -0.25) is 28.8 Å². The van der Waals surface area contributed by atoms with Gasteiger partial charge in [-0.25, -0.2) is 5.06 Å². The standard InChI is InChI=1S/C53H87N5O9/c1-14-17-22-36(8)32-66-41-31-58(67-33-41)53(63)43(29-39-23-19-18-20-24-39)55-51(61)38(10)50(65-13)44-25-21-28-57(44)46(59)30-45(64-12)42(37(9)15-2)27-26-40(16-3)49(60)47(34(4)5)56-52(62)48(54-11)35(6)7/h14,17-20,22-24,34-35,37-38,40-45,47-48,50,54H,15-16,21,25-33H2,1-13H3,(H,55,61)(H,56,62). The minimum absolute atomic E-state index is 0.00355. The molecule has 11 unspecified atom stereocenters. The van der Waals surface area contributed by atoms with Gasteiger partial charge in [-0.05, 0) is 87.8 Å². The summed E-state index contributed by atoms with van der Waals surface area (Å²) in [6.45, 7) is 21.3. The quantitative estimate of drug-likeness (QED) is 0.0723. The van der Waals surface area contributed by atoms with Crippen LogP contribution in [0.1, 0.15) is 120 Å².